The molecule has 21 heavy (non-hydrogen) atoms. The van der Waals surface area contributed by atoms with Crippen molar-refractivity contribution in [1.82, 2.24) is 4.98 Å². The fraction of sp³-hybridized carbons (Fsp3) is 0.333. The van der Waals surface area contributed by atoms with Gasteiger partial charge in [0.25, 0.3) is 0 Å². The van der Waals surface area contributed by atoms with E-state index in [0.29, 0.717) is 0 Å². The van der Waals surface area contributed by atoms with E-state index in [9.17, 15) is 36.9 Å². The molecule has 1 heterocycles. The van der Waals surface area contributed by atoms with E-state index >= 15 is 0 Å². The first kappa shape index (κ1) is 16.5. The first-order valence-corrected chi connectivity index (χ1v) is 4.88. The van der Waals surface area contributed by atoms with Crippen LogP contribution in [0.3, 0.4) is 0 Å². The summed E-state index contributed by atoms with van der Waals surface area (Å²) in [4.78, 5) is 23.4. The lowest BCUT2D eigenvalue weighted by Crippen LogP contribution is -2.21. The second-order valence-corrected chi connectivity index (χ2v) is 3.34. The van der Waals surface area contributed by atoms with Crippen LogP contribution in [0.1, 0.15) is 22.5 Å². The molecule has 0 N–H and O–H groups in total. The molecule has 0 saturated heterocycles. The van der Waals surface area contributed by atoms with E-state index in [1.54, 1.807) is 0 Å². The van der Waals surface area contributed by atoms with E-state index in [1.807, 2.05) is 0 Å². The van der Waals surface area contributed by atoms with Gasteiger partial charge in [-0.2, -0.15) is 0 Å². The molecule has 0 atom stereocenters. The van der Waals surface area contributed by atoms with Gasteiger partial charge in [0, 0.05) is 6.07 Å². The van der Waals surface area contributed by atoms with Crippen molar-refractivity contribution < 1.29 is 41.1 Å². The Morgan fingerprint density at radius 1 is 1.43 bits per heavy atom. The Labute approximate surface area is 112 Å². The standard InChI is InChI=1S/C9H5F5N2O5/c1-20-8(17)5-4(21-9(12,13)14)2-3(6(10)11)15-7(5)16(18)19/h2,6H,1H3. The number of rotatable bonds is 4. The number of nitro groups is 1. The van der Waals surface area contributed by atoms with E-state index in [4.69, 9.17) is 0 Å². The van der Waals surface area contributed by atoms with Crippen molar-refractivity contribution in [3.63, 3.8) is 0 Å². The summed E-state index contributed by atoms with van der Waals surface area (Å²) in [6.45, 7) is 0. The molecule has 1 aromatic rings. The normalized spacial score (nSPS) is 11.4. The molecule has 0 saturated carbocycles. The highest BCUT2D eigenvalue weighted by Crippen LogP contribution is 2.35. The van der Waals surface area contributed by atoms with Crippen molar-refractivity contribution in [2.75, 3.05) is 7.11 Å². The van der Waals surface area contributed by atoms with Crippen molar-refractivity contribution in [2.45, 2.75) is 12.8 Å². The van der Waals surface area contributed by atoms with Crippen LogP contribution in [0, 0.1) is 10.1 Å². The molecule has 116 valence electrons. The highest BCUT2D eigenvalue weighted by atomic mass is 19.4. The van der Waals surface area contributed by atoms with E-state index in [1.165, 1.54) is 0 Å². The fourth-order valence-electron chi connectivity index (χ4n) is 1.27. The Kier molecular flexibility index (Phi) is 4.60. The van der Waals surface area contributed by atoms with Gasteiger partial charge in [0.05, 0.1) is 7.11 Å². The maximum absolute atomic E-state index is 12.5. The van der Waals surface area contributed by atoms with Crippen LogP contribution < -0.4 is 4.74 Å². The van der Waals surface area contributed by atoms with Gasteiger partial charge >= 0.3 is 24.6 Å². The van der Waals surface area contributed by atoms with Crippen LogP contribution in [-0.2, 0) is 4.74 Å². The first-order valence-electron chi connectivity index (χ1n) is 4.88. The minimum Gasteiger partial charge on any atom is -0.465 e. The van der Waals surface area contributed by atoms with E-state index in [0.717, 1.165) is 7.11 Å². The predicted molar refractivity (Wildman–Crippen MR) is 53.9 cm³/mol. The first-order chi connectivity index (χ1) is 9.56. The summed E-state index contributed by atoms with van der Waals surface area (Å²) in [5, 5.41) is 10.7. The van der Waals surface area contributed by atoms with Gasteiger partial charge in [-0.3, -0.25) is 0 Å². The van der Waals surface area contributed by atoms with Crippen LogP contribution in [0.2, 0.25) is 0 Å². The van der Waals surface area contributed by atoms with E-state index < -0.39 is 46.5 Å². The van der Waals surface area contributed by atoms with Crippen molar-refractivity contribution in [3.8, 4) is 5.75 Å². The lowest BCUT2D eigenvalue weighted by Gasteiger charge is -2.12. The third kappa shape index (κ3) is 3.97. The van der Waals surface area contributed by atoms with E-state index in [-0.39, 0.29) is 6.07 Å². The molecule has 0 amide bonds. The molecule has 0 aromatic carbocycles. The lowest BCUT2D eigenvalue weighted by molar-refractivity contribution is -0.390. The Hall–Kier alpha value is -2.53. The summed E-state index contributed by atoms with van der Waals surface area (Å²) in [5.41, 5.74) is -2.67. The van der Waals surface area contributed by atoms with Gasteiger partial charge in [0.15, 0.2) is 11.3 Å². The van der Waals surface area contributed by atoms with Gasteiger partial charge < -0.3 is 19.6 Å². The third-order valence-corrected chi connectivity index (χ3v) is 2.00. The van der Waals surface area contributed by atoms with Crippen molar-refractivity contribution in [2.24, 2.45) is 0 Å². The molecule has 0 fully saturated rings. The zero-order chi connectivity index (χ0) is 16.4. The maximum Gasteiger partial charge on any atom is 0.573 e. The number of hydrogen-bond donors (Lipinski definition) is 0. The van der Waals surface area contributed by atoms with Crippen LogP contribution >= 0.6 is 0 Å². The Balaban J connectivity index is 3.62. The molecule has 1 rings (SSSR count). The van der Waals surface area contributed by atoms with E-state index in [2.05, 4.69) is 14.5 Å². The number of carbonyl (C=O) groups is 1. The zero-order valence-electron chi connectivity index (χ0n) is 9.98. The summed E-state index contributed by atoms with van der Waals surface area (Å²) in [6.07, 6.45) is -8.77. The fourth-order valence-corrected chi connectivity index (χ4v) is 1.27. The van der Waals surface area contributed by atoms with Gasteiger partial charge in [-0.1, -0.05) is 0 Å². The lowest BCUT2D eigenvalue weighted by atomic mass is 10.2. The van der Waals surface area contributed by atoms with Gasteiger partial charge in [-0.05, 0) is 9.91 Å². The summed E-state index contributed by atoms with van der Waals surface area (Å²) < 4.78 is 69.0. The van der Waals surface area contributed by atoms with Crippen molar-refractivity contribution >= 4 is 11.8 Å². The minimum absolute atomic E-state index is 0.0808. The largest absolute Gasteiger partial charge is 0.573 e. The Morgan fingerprint density at radius 3 is 2.38 bits per heavy atom. The van der Waals surface area contributed by atoms with Crippen LogP contribution in [0.4, 0.5) is 27.8 Å². The number of aromatic nitrogens is 1. The predicted octanol–water partition coefficient (Wildman–Crippen LogP) is 2.61. The second kappa shape index (κ2) is 5.85. The second-order valence-electron chi connectivity index (χ2n) is 3.34. The van der Waals surface area contributed by atoms with Gasteiger partial charge in [0.2, 0.25) is 5.69 Å². The Morgan fingerprint density at radius 2 is 2.00 bits per heavy atom. The number of alkyl halides is 5. The highest BCUT2D eigenvalue weighted by molar-refractivity contribution is 5.96. The number of methoxy groups -OCH3 is 1. The molecular formula is C9H5F5N2O5. The number of hydrogen-bond acceptors (Lipinski definition) is 6. The summed E-state index contributed by atoms with van der Waals surface area (Å²) in [7, 11) is 0.727. The summed E-state index contributed by atoms with van der Waals surface area (Å²) in [5.74, 6) is -4.61. The topological polar surface area (TPSA) is 91.6 Å². The van der Waals surface area contributed by atoms with Gasteiger partial charge in [0.1, 0.15) is 0 Å². The quantitative estimate of drug-likeness (QED) is 0.367. The van der Waals surface area contributed by atoms with Crippen LogP contribution in [-0.4, -0.2) is 29.3 Å². The van der Waals surface area contributed by atoms with Crippen LogP contribution in [0.15, 0.2) is 6.07 Å². The average Bonchev–Trinajstić information content (AvgIpc) is 2.34. The zero-order valence-corrected chi connectivity index (χ0v) is 9.98. The number of pyridine rings is 1. The molecule has 7 nitrogen and oxygen atoms in total. The number of carbonyl (C=O) groups excluding carboxylic acids is 1. The van der Waals surface area contributed by atoms with Crippen molar-refractivity contribution in [3.05, 3.63) is 27.4 Å². The summed E-state index contributed by atoms with van der Waals surface area (Å²) in [6, 6.07) is 0.0808. The van der Waals surface area contributed by atoms with Crippen LogP contribution in [0.25, 0.3) is 0 Å². The van der Waals surface area contributed by atoms with Gasteiger partial charge in [-0.25, -0.2) is 13.6 Å². The average molecular weight is 316 g/mol. The molecule has 0 aliphatic carbocycles. The number of ether oxygens (including phenoxy) is 2. The number of nitrogens with zero attached hydrogens (tertiary/aromatic N) is 2. The smallest absolute Gasteiger partial charge is 0.465 e. The van der Waals surface area contributed by atoms with Crippen LogP contribution in [0.5, 0.6) is 5.75 Å². The van der Waals surface area contributed by atoms with Crippen molar-refractivity contribution in [1.29, 1.82) is 0 Å². The van der Waals surface area contributed by atoms with Gasteiger partial charge in [-0.15, -0.1) is 13.2 Å². The SMILES string of the molecule is COC(=O)c1c(OC(F)(F)F)cc(C(F)F)nc1[N+](=O)[O-]. The highest BCUT2D eigenvalue weighted by Gasteiger charge is 2.39. The maximum atomic E-state index is 12.5. The third-order valence-electron chi connectivity index (χ3n) is 2.00. The molecular weight excluding hydrogens is 311 g/mol. The molecule has 1 aromatic heterocycles. The molecule has 0 aliphatic rings. The molecule has 0 aliphatic heterocycles. The molecule has 0 unspecified atom stereocenters. The molecule has 0 bridgehead atoms. The monoisotopic (exact) mass is 316 g/mol. The molecule has 0 radical (unpaired) electrons. The molecule has 0 spiro atoms. The molecule has 12 heteroatoms. The summed E-state index contributed by atoms with van der Waals surface area (Å²) >= 11 is 0. The minimum atomic E-state index is -5.36. The number of halogens is 5. The Bertz CT molecular complexity index is 574. The number of esters is 1.